The van der Waals surface area contributed by atoms with E-state index in [1.165, 1.54) is 7.11 Å². The van der Waals surface area contributed by atoms with E-state index in [4.69, 9.17) is 9.47 Å². The predicted molar refractivity (Wildman–Crippen MR) is 89.9 cm³/mol. The summed E-state index contributed by atoms with van der Waals surface area (Å²) in [7, 11) is 5.07. The minimum absolute atomic E-state index is 0.334. The summed E-state index contributed by atoms with van der Waals surface area (Å²) < 4.78 is 10.3. The maximum absolute atomic E-state index is 11.8. The van der Waals surface area contributed by atoms with E-state index in [0.717, 1.165) is 57.9 Å². The first-order chi connectivity index (χ1) is 11.0. The number of piperidine rings is 1. The molecule has 0 saturated carbocycles. The number of hydrogen-bond donors (Lipinski definition) is 0. The summed E-state index contributed by atoms with van der Waals surface area (Å²) >= 11 is 0. The maximum Gasteiger partial charge on any atom is 0.354 e. The lowest BCUT2D eigenvalue weighted by atomic mass is 10.0. The van der Waals surface area contributed by atoms with Crippen LogP contribution in [0.5, 0.6) is 0 Å². The smallest absolute Gasteiger partial charge is 0.354 e. The van der Waals surface area contributed by atoms with Gasteiger partial charge < -0.3 is 19.3 Å². The molecule has 0 aromatic rings. The molecule has 0 aromatic heterocycles. The number of hydrogen-bond acceptors (Lipinski definition) is 6. The van der Waals surface area contributed by atoms with Gasteiger partial charge in [0.15, 0.2) is 0 Å². The summed E-state index contributed by atoms with van der Waals surface area (Å²) in [5.74, 6) is -0.334. The molecule has 0 aromatic carbocycles. The summed E-state index contributed by atoms with van der Waals surface area (Å²) in [4.78, 5) is 18.4. The fourth-order valence-corrected chi connectivity index (χ4v) is 3.19. The van der Waals surface area contributed by atoms with Crippen molar-refractivity contribution < 1.29 is 14.3 Å². The molecule has 23 heavy (non-hydrogen) atoms. The second-order valence-electron chi connectivity index (χ2n) is 6.27. The summed E-state index contributed by atoms with van der Waals surface area (Å²) in [5, 5.41) is 0. The monoisotopic (exact) mass is 323 g/mol. The van der Waals surface area contributed by atoms with Gasteiger partial charge >= 0.3 is 5.97 Å². The lowest BCUT2D eigenvalue weighted by Crippen LogP contribution is -2.48. The van der Waals surface area contributed by atoms with E-state index in [0.29, 0.717) is 11.7 Å². The normalized spacial score (nSPS) is 21.2. The van der Waals surface area contributed by atoms with Crippen molar-refractivity contribution in [1.29, 1.82) is 0 Å². The Morgan fingerprint density at radius 3 is 2.35 bits per heavy atom. The highest BCUT2D eigenvalue weighted by Gasteiger charge is 2.26. The Kier molecular flexibility index (Phi) is 6.47. The van der Waals surface area contributed by atoms with Crippen LogP contribution < -0.4 is 0 Å². The van der Waals surface area contributed by atoms with Gasteiger partial charge in [0.1, 0.15) is 5.70 Å². The van der Waals surface area contributed by atoms with E-state index < -0.39 is 0 Å². The first-order valence-electron chi connectivity index (χ1n) is 8.26. The zero-order chi connectivity index (χ0) is 16.8. The van der Waals surface area contributed by atoms with E-state index in [1.54, 1.807) is 4.90 Å². The van der Waals surface area contributed by atoms with Crippen molar-refractivity contribution >= 4 is 5.97 Å². The van der Waals surface area contributed by atoms with Gasteiger partial charge in [0.05, 0.1) is 20.3 Å². The molecular weight excluding hydrogens is 294 g/mol. The van der Waals surface area contributed by atoms with Crippen LogP contribution in [-0.4, -0.2) is 87.3 Å². The summed E-state index contributed by atoms with van der Waals surface area (Å²) in [6.07, 6.45) is 4.08. The Labute approximate surface area is 139 Å². The van der Waals surface area contributed by atoms with E-state index in [2.05, 4.69) is 16.4 Å². The first kappa shape index (κ1) is 17.8. The Bertz CT molecular complexity index is 448. The van der Waals surface area contributed by atoms with Crippen molar-refractivity contribution in [2.45, 2.75) is 18.9 Å². The molecule has 2 aliphatic heterocycles. The van der Waals surface area contributed by atoms with Crippen LogP contribution in [0.25, 0.3) is 0 Å². The zero-order valence-electron chi connectivity index (χ0n) is 14.6. The molecule has 6 heteroatoms. The van der Waals surface area contributed by atoms with Crippen LogP contribution in [0.15, 0.2) is 24.0 Å². The molecule has 0 N–H and O–H groups in total. The number of carbonyl (C=O) groups is 1. The van der Waals surface area contributed by atoms with Gasteiger partial charge in [0.25, 0.3) is 0 Å². The van der Waals surface area contributed by atoms with Crippen LogP contribution in [0.4, 0.5) is 0 Å². The number of carbonyl (C=O) groups excluding carboxylic acids is 1. The van der Waals surface area contributed by atoms with Crippen molar-refractivity contribution in [3.8, 4) is 0 Å². The lowest BCUT2D eigenvalue weighted by Gasteiger charge is -2.41. The second-order valence-corrected chi connectivity index (χ2v) is 6.27. The Balaban J connectivity index is 1.90. The van der Waals surface area contributed by atoms with Crippen molar-refractivity contribution in [2.24, 2.45) is 0 Å². The number of esters is 1. The summed E-state index contributed by atoms with van der Waals surface area (Å²) in [6.45, 7) is 9.86. The molecule has 2 fully saturated rings. The van der Waals surface area contributed by atoms with Crippen molar-refractivity contribution in [2.75, 3.05) is 60.6 Å². The maximum atomic E-state index is 11.8. The van der Waals surface area contributed by atoms with E-state index in [1.807, 2.05) is 20.2 Å². The molecule has 6 nitrogen and oxygen atoms in total. The van der Waals surface area contributed by atoms with Crippen LogP contribution in [0.1, 0.15) is 12.8 Å². The molecule has 0 atom stereocenters. The molecule has 0 amide bonds. The molecule has 2 saturated heterocycles. The highest BCUT2D eigenvalue weighted by Crippen LogP contribution is 2.21. The van der Waals surface area contributed by atoms with Crippen molar-refractivity contribution in [3.05, 3.63) is 24.0 Å². The molecular formula is C17H29N3O3. The van der Waals surface area contributed by atoms with Crippen molar-refractivity contribution in [1.82, 2.24) is 14.7 Å². The van der Waals surface area contributed by atoms with Gasteiger partial charge in [-0.15, -0.1) is 0 Å². The van der Waals surface area contributed by atoms with Crippen LogP contribution in [0, 0.1) is 0 Å². The third kappa shape index (κ3) is 4.72. The van der Waals surface area contributed by atoms with Gasteiger partial charge in [-0.05, 0) is 18.9 Å². The Morgan fingerprint density at radius 1 is 1.22 bits per heavy atom. The third-order valence-corrected chi connectivity index (χ3v) is 4.61. The van der Waals surface area contributed by atoms with E-state index in [9.17, 15) is 4.79 Å². The number of morpholine rings is 1. The predicted octanol–water partition coefficient (Wildman–Crippen LogP) is 0.915. The Morgan fingerprint density at radius 2 is 1.83 bits per heavy atom. The molecule has 2 aliphatic rings. The van der Waals surface area contributed by atoms with Gasteiger partial charge in [0, 0.05) is 52.0 Å². The second kappa shape index (κ2) is 8.36. The standard InChI is InChI=1S/C17H29N3O3/c1-14(13-16(18(2)3)17(21)22-4)19-7-5-15(6-8-19)20-9-11-23-12-10-20/h13,15H,1,5-12H2,2-4H3/b16-13-. The first-order valence-corrected chi connectivity index (χ1v) is 8.26. The van der Waals surface area contributed by atoms with E-state index in [-0.39, 0.29) is 5.97 Å². The fraction of sp³-hybridized carbons (Fsp3) is 0.706. The van der Waals surface area contributed by atoms with Crippen LogP contribution in [0.3, 0.4) is 0 Å². The van der Waals surface area contributed by atoms with Crippen LogP contribution in [-0.2, 0) is 14.3 Å². The molecule has 0 aliphatic carbocycles. The minimum atomic E-state index is -0.334. The molecule has 0 spiro atoms. The SMILES string of the molecule is C=C(/C=C(/C(=O)OC)N(C)C)N1CCC(N2CCOCC2)CC1. The molecule has 0 bridgehead atoms. The molecule has 0 radical (unpaired) electrons. The fourth-order valence-electron chi connectivity index (χ4n) is 3.19. The number of ether oxygens (including phenoxy) is 2. The van der Waals surface area contributed by atoms with Gasteiger partial charge in [-0.3, -0.25) is 4.90 Å². The molecule has 2 heterocycles. The van der Waals surface area contributed by atoms with Gasteiger partial charge in [-0.25, -0.2) is 4.79 Å². The molecule has 2 rings (SSSR count). The number of nitrogens with zero attached hydrogens (tertiary/aromatic N) is 3. The van der Waals surface area contributed by atoms with Gasteiger partial charge in [0.2, 0.25) is 0 Å². The van der Waals surface area contributed by atoms with Gasteiger partial charge in [-0.2, -0.15) is 0 Å². The Hall–Kier alpha value is -1.53. The largest absolute Gasteiger partial charge is 0.464 e. The van der Waals surface area contributed by atoms with Crippen LogP contribution >= 0.6 is 0 Å². The average Bonchev–Trinajstić information content (AvgIpc) is 2.59. The molecule has 130 valence electrons. The topological polar surface area (TPSA) is 45.2 Å². The summed E-state index contributed by atoms with van der Waals surface area (Å²) in [6, 6.07) is 0.640. The highest BCUT2D eigenvalue weighted by molar-refractivity contribution is 5.88. The quantitative estimate of drug-likeness (QED) is 0.426. The molecule has 0 unspecified atom stereocenters. The van der Waals surface area contributed by atoms with Crippen LogP contribution in [0.2, 0.25) is 0 Å². The van der Waals surface area contributed by atoms with Crippen molar-refractivity contribution in [3.63, 3.8) is 0 Å². The van der Waals surface area contributed by atoms with Gasteiger partial charge in [-0.1, -0.05) is 6.58 Å². The number of rotatable bonds is 5. The zero-order valence-corrected chi connectivity index (χ0v) is 14.6. The number of methoxy groups -OCH3 is 1. The van der Waals surface area contributed by atoms with E-state index >= 15 is 0 Å². The third-order valence-electron chi connectivity index (χ3n) is 4.61. The average molecular weight is 323 g/mol. The summed E-state index contributed by atoms with van der Waals surface area (Å²) in [5.41, 5.74) is 1.40. The number of allylic oxidation sites excluding steroid dienone is 1. The number of likely N-dealkylation sites (N-methyl/N-ethyl adjacent to an activating group) is 1. The number of likely N-dealkylation sites (tertiary alicyclic amines) is 1. The lowest BCUT2D eigenvalue weighted by molar-refractivity contribution is -0.137. The minimum Gasteiger partial charge on any atom is -0.464 e. The highest BCUT2D eigenvalue weighted by atomic mass is 16.5.